The smallest absolute Gasteiger partial charge is 0.120 e. The molecule has 1 heterocycles. The average molecular weight is 285 g/mol. The van der Waals surface area contributed by atoms with Crippen LogP contribution in [-0.2, 0) is 0 Å². The summed E-state index contributed by atoms with van der Waals surface area (Å²) in [6.07, 6.45) is 0. The maximum atomic E-state index is 6.47. The van der Waals surface area contributed by atoms with Gasteiger partial charge in [-0.2, -0.15) is 0 Å². The van der Waals surface area contributed by atoms with Crippen molar-refractivity contribution in [3.63, 3.8) is 0 Å². The molecule has 1 aromatic carbocycles. The van der Waals surface area contributed by atoms with Gasteiger partial charge in [-0.05, 0) is 37.6 Å². The monoisotopic (exact) mass is 284 g/mol. The number of ether oxygens (including phenoxy) is 1. The number of aryl methyl sites for hydroxylation is 2. The Labute approximate surface area is 116 Å². The molecule has 0 spiro atoms. The zero-order valence-corrected chi connectivity index (χ0v) is 12.0. The lowest BCUT2D eigenvalue weighted by atomic mass is 10.0. The van der Waals surface area contributed by atoms with E-state index in [0.29, 0.717) is 10.8 Å². The highest BCUT2D eigenvalue weighted by Gasteiger charge is 2.19. The second-order valence-corrected chi connectivity index (χ2v) is 4.96. The second-order valence-electron chi connectivity index (χ2n) is 4.12. The average Bonchev–Trinajstić information content (AvgIpc) is 2.67. The van der Waals surface area contributed by atoms with Gasteiger partial charge in [0.2, 0.25) is 0 Å². The molecule has 0 bridgehead atoms. The molecule has 4 heteroatoms. The summed E-state index contributed by atoms with van der Waals surface area (Å²) in [4.78, 5) is 0. The predicted octanol–water partition coefficient (Wildman–Crippen LogP) is 4.89. The first-order valence-electron chi connectivity index (χ1n) is 5.57. The first-order chi connectivity index (χ1) is 8.52. The first-order valence-corrected chi connectivity index (χ1v) is 6.38. The Bertz CT molecular complexity index is 561. The van der Waals surface area contributed by atoms with Crippen LogP contribution in [-0.4, -0.2) is 7.11 Å². The number of hydrogen-bond donors (Lipinski definition) is 0. The minimum atomic E-state index is -0.319. The van der Waals surface area contributed by atoms with Crippen molar-refractivity contribution in [2.24, 2.45) is 0 Å². The molecule has 96 valence electrons. The van der Waals surface area contributed by atoms with E-state index < -0.39 is 0 Å². The lowest BCUT2D eigenvalue weighted by Crippen LogP contribution is -1.95. The number of rotatable bonds is 3. The summed E-state index contributed by atoms with van der Waals surface area (Å²) in [5.41, 5.74) is 1.80. The van der Waals surface area contributed by atoms with E-state index in [1.165, 1.54) is 0 Å². The Morgan fingerprint density at radius 2 is 1.89 bits per heavy atom. The largest absolute Gasteiger partial charge is 0.497 e. The van der Waals surface area contributed by atoms with Crippen LogP contribution in [0.1, 0.15) is 28.0 Å². The predicted molar refractivity (Wildman–Crippen MR) is 73.9 cm³/mol. The molecule has 2 aromatic rings. The zero-order chi connectivity index (χ0) is 13.3. The minimum Gasteiger partial charge on any atom is -0.497 e. The molecular weight excluding hydrogens is 271 g/mol. The van der Waals surface area contributed by atoms with Crippen LogP contribution < -0.4 is 4.74 Å². The van der Waals surface area contributed by atoms with Crippen molar-refractivity contribution in [3.05, 3.63) is 51.9 Å². The molecule has 1 unspecified atom stereocenters. The molecule has 0 fully saturated rings. The highest BCUT2D eigenvalue weighted by atomic mass is 35.5. The standard InChI is InChI=1S/C14H14Cl2O2/c1-8-6-12(9(2)18-8)14(16)11-5-4-10(17-3)7-13(11)15/h4-7,14H,1-3H3. The van der Waals surface area contributed by atoms with Crippen LogP contribution >= 0.6 is 23.2 Å². The molecule has 0 radical (unpaired) electrons. The number of alkyl halides is 1. The van der Waals surface area contributed by atoms with Crippen molar-refractivity contribution in [1.29, 1.82) is 0 Å². The lowest BCUT2D eigenvalue weighted by molar-refractivity contribution is 0.414. The number of benzene rings is 1. The van der Waals surface area contributed by atoms with Gasteiger partial charge in [0.25, 0.3) is 0 Å². The molecule has 2 nitrogen and oxygen atoms in total. The Hall–Kier alpha value is -1.12. The van der Waals surface area contributed by atoms with Crippen LogP contribution in [0.4, 0.5) is 0 Å². The summed E-state index contributed by atoms with van der Waals surface area (Å²) in [6.45, 7) is 3.80. The van der Waals surface area contributed by atoms with Crippen LogP contribution in [0.2, 0.25) is 5.02 Å². The summed E-state index contributed by atoms with van der Waals surface area (Å²) >= 11 is 12.7. The lowest BCUT2D eigenvalue weighted by Gasteiger charge is -2.12. The molecule has 18 heavy (non-hydrogen) atoms. The van der Waals surface area contributed by atoms with E-state index in [2.05, 4.69) is 0 Å². The molecule has 0 N–H and O–H groups in total. The molecule has 1 aromatic heterocycles. The van der Waals surface area contributed by atoms with Crippen molar-refractivity contribution < 1.29 is 9.15 Å². The first kappa shape index (κ1) is 13.3. The zero-order valence-electron chi connectivity index (χ0n) is 10.5. The Kier molecular flexibility index (Phi) is 3.88. The molecule has 0 saturated heterocycles. The van der Waals surface area contributed by atoms with Gasteiger partial charge >= 0.3 is 0 Å². The number of methoxy groups -OCH3 is 1. The van der Waals surface area contributed by atoms with Crippen LogP contribution in [0.15, 0.2) is 28.7 Å². The van der Waals surface area contributed by atoms with E-state index in [1.54, 1.807) is 13.2 Å². The number of halogens is 2. The topological polar surface area (TPSA) is 22.4 Å². The summed E-state index contributed by atoms with van der Waals surface area (Å²) in [5, 5.41) is 0.272. The van der Waals surface area contributed by atoms with E-state index in [0.717, 1.165) is 22.6 Å². The highest BCUT2D eigenvalue weighted by molar-refractivity contribution is 6.33. The van der Waals surface area contributed by atoms with Crippen molar-refractivity contribution in [2.45, 2.75) is 19.2 Å². The van der Waals surface area contributed by atoms with Gasteiger partial charge in [-0.25, -0.2) is 0 Å². The van der Waals surface area contributed by atoms with Gasteiger partial charge in [0.1, 0.15) is 17.3 Å². The van der Waals surface area contributed by atoms with Crippen molar-refractivity contribution >= 4 is 23.2 Å². The number of furan rings is 1. The van der Waals surface area contributed by atoms with Gasteiger partial charge in [-0.15, -0.1) is 11.6 Å². The molecule has 0 aliphatic heterocycles. The van der Waals surface area contributed by atoms with Crippen molar-refractivity contribution in [2.75, 3.05) is 7.11 Å². The second kappa shape index (κ2) is 5.25. The Morgan fingerprint density at radius 3 is 2.39 bits per heavy atom. The highest BCUT2D eigenvalue weighted by Crippen LogP contribution is 2.37. The molecular formula is C14H14Cl2O2. The van der Waals surface area contributed by atoms with Gasteiger partial charge < -0.3 is 9.15 Å². The summed E-state index contributed by atoms with van der Waals surface area (Å²) in [6, 6.07) is 7.42. The van der Waals surface area contributed by atoms with Gasteiger partial charge in [-0.3, -0.25) is 0 Å². The maximum absolute atomic E-state index is 6.47. The maximum Gasteiger partial charge on any atom is 0.120 e. The quantitative estimate of drug-likeness (QED) is 0.749. The van der Waals surface area contributed by atoms with Crippen molar-refractivity contribution in [3.8, 4) is 5.75 Å². The van der Waals surface area contributed by atoms with Crippen LogP contribution in [0.3, 0.4) is 0 Å². The SMILES string of the molecule is COc1ccc(C(Cl)c2cc(C)oc2C)c(Cl)c1. The van der Waals surface area contributed by atoms with E-state index >= 15 is 0 Å². The fourth-order valence-corrected chi connectivity index (χ4v) is 2.65. The number of hydrogen-bond acceptors (Lipinski definition) is 2. The summed E-state index contributed by atoms with van der Waals surface area (Å²) in [5.74, 6) is 2.38. The van der Waals surface area contributed by atoms with Crippen LogP contribution in [0.5, 0.6) is 5.75 Å². The van der Waals surface area contributed by atoms with E-state index in [9.17, 15) is 0 Å². The molecule has 0 saturated carbocycles. The molecule has 0 amide bonds. The normalized spacial score (nSPS) is 12.5. The fraction of sp³-hybridized carbons (Fsp3) is 0.286. The third-order valence-electron chi connectivity index (χ3n) is 2.83. The summed E-state index contributed by atoms with van der Waals surface area (Å²) in [7, 11) is 1.60. The van der Waals surface area contributed by atoms with Gasteiger partial charge in [-0.1, -0.05) is 17.7 Å². The van der Waals surface area contributed by atoms with Gasteiger partial charge in [0, 0.05) is 10.6 Å². The van der Waals surface area contributed by atoms with Crippen LogP contribution in [0.25, 0.3) is 0 Å². The molecule has 2 rings (SSSR count). The molecule has 0 aliphatic rings. The fourth-order valence-electron chi connectivity index (χ4n) is 1.91. The molecule has 1 atom stereocenters. The van der Waals surface area contributed by atoms with Crippen molar-refractivity contribution in [1.82, 2.24) is 0 Å². The minimum absolute atomic E-state index is 0.319. The molecule has 0 aliphatic carbocycles. The van der Waals surface area contributed by atoms with E-state index in [1.807, 2.05) is 32.0 Å². The summed E-state index contributed by atoms with van der Waals surface area (Å²) < 4.78 is 10.6. The third-order valence-corrected chi connectivity index (χ3v) is 3.63. The Balaban J connectivity index is 2.39. The van der Waals surface area contributed by atoms with E-state index in [4.69, 9.17) is 32.4 Å². The van der Waals surface area contributed by atoms with Gasteiger partial charge in [0.15, 0.2) is 0 Å². The third kappa shape index (κ3) is 2.50. The van der Waals surface area contributed by atoms with Gasteiger partial charge in [0.05, 0.1) is 12.5 Å². The van der Waals surface area contributed by atoms with E-state index in [-0.39, 0.29) is 5.38 Å². The van der Waals surface area contributed by atoms with Crippen LogP contribution in [0, 0.1) is 13.8 Å². The Morgan fingerprint density at radius 1 is 1.17 bits per heavy atom.